The SMILES string of the molecule is COC(CNc1ccc2nnnn2n1)OC. The summed E-state index contributed by atoms with van der Waals surface area (Å²) in [5.41, 5.74) is 0.598. The van der Waals surface area contributed by atoms with E-state index in [4.69, 9.17) is 9.47 Å². The van der Waals surface area contributed by atoms with Crippen LogP contribution in [0.15, 0.2) is 12.1 Å². The number of aromatic nitrogens is 5. The smallest absolute Gasteiger partial charge is 0.200 e. The highest BCUT2D eigenvalue weighted by Crippen LogP contribution is 2.03. The average Bonchev–Trinajstić information content (AvgIpc) is 2.77. The first-order valence-electron chi connectivity index (χ1n) is 4.68. The van der Waals surface area contributed by atoms with Crippen LogP contribution in [0.5, 0.6) is 0 Å². The molecule has 0 saturated heterocycles. The highest BCUT2D eigenvalue weighted by atomic mass is 16.7. The molecule has 0 aliphatic carbocycles. The van der Waals surface area contributed by atoms with Gasteiger partial charge < -0.3 is 14.8 Å². The molecule has 2 rings (SSSR count). The Morgan fingerprint density at radius 1 is 1.38 bits per heavy atom. The summed E-state index contributed by atoms with van der Waals surface area (Å²) in [5, 5.41) is 18.1. The Labute approximate surface area is 91.5 Å². The summed E-state index contributed by atoms with van der Waals surface area (Å²) >= 11 is 0. The minimum atomic E-state index is -0.314. The van der Waals surface area contributed by atoms with Crippen molar-refractivity contribution < 1.29 is 9.47 Å². The van der Waals surface area contributed by atoms with Crippen molar-refractivity contribution in [1.82, 2.24) is 25.3 Å². The van der Waals surface area contributed by atoms with Crippen molar-refractivity contribution in [3.63, 3.8) is 0 Å². The minimum absolute atomic E-state index is 0.314. The Bertz CT molecular complexity index is 454. The zero-order chi connectivity index (χ0) is 11.4. The lowest BCUT2D eigenvalue weighted by molar-refractivity contribution is -0.0914. The molecule has 0 saturated carbocycles. The molecule has 0 atom stereocenters. The lowest BCUT2D eigenvalue weighted by Gasteiger charge is -2.13. The Morgan fingerprint density at radius 2 is 2.19 bits per heavy atom. The number of tetrazole rings is 1. The molecule has 0 unspecified atom stereocenters. The van der Waals surface area contributed by atoms with Crippen LogP contribution in [0.1, 0.15) is 0 Å². The van der Waals surface area contributed by atoms with Gasteiger partial charge in [-0.1, -0.05) is 0 Å². The van der Waals surface area contributed by atoms with Crippen molar-refractivity contribution in [2.45, 2.75) is 6.29 Å². The maximum absolute atomic E-state index is 5.03. The fourth-order valence-corrected chi connectivity index (χ4v) is 1.19. The van der Waals surface area contributed by atoms with Crippen molar-refractivity contribution >= 4 is 11.5 Å². The fourth-order valence-electron chi connectivity index (χ4n) is 1.19. The van der Waals surface area contributed by atoms with Gasteiger partial charge in [0, 0.05) is 14.2 Å². The van der Waals surface area contributed by atoms with Gasteiger partial charge in [-0.15, -0.1) is 14.8 Å². The van der Waals surface area contributed by atoms with Crippen molar-refractivity contribution in [1.29, 1.82) is 0 Å². The van der Waals surface area contributed by atoms with Crippen molar-refractivity contribution in [2.75, 3.05) is 26.1 Å². The third-order valence-corrected chi connectivity index (χ3v) is 2.05. The van der Waals surface area contributed by atoms with Crippen LogP contribution >= 0.6 is 0 Å². The lowest BCUT2D eigenvalue weighted by Crippen LogP contribution is -2.24. The van der Waals surface area contributed by atoms with Crippen LogP contribution in [0, 0.1) is 0 Å². The predicted octanol–water partition coefficient (Wildman–Crippen LogP) is -0.450. The summed E-state index contributed by atoms with van der Waals surface area (Å²) in [4.78, 5) is 0. The number of rotatable bonds is 5. The molecule has 0 aromatic carbocycles. The van der Waals surface area contributed by atoms with Crippen LogP contribution in [0.2, 0.25) is 0 Å². The first kappa shape index (κ1) is 10.7. The summed E-state index contributed by atoms with van der Waals surface area (Å²) < 4.78 is 11.4. The van der Waals surface area contributed by atoms with E-state index in [1.165, 1.54) is 4.63 Å². The predicted molar refractivity (Wildman–Crippen MR) is 54.9 cm³/mol. The summed E-state index contributed by atoms with van der Waals surface area (Å²) in [6, 6.07) is 3.55. The molecule has 1 N–H and O–H groups in total. The third-order valence-electron chi connectivity index (χ3n) is 2.05. The van der Waals surface area contributed by atoms with E-state index in [0.29, 0.717) is 18.0 Å². The van der Waals surface area contributed by atoms with Crippen LogP contribution in [-0.4, -0.2) is 52.3 Å². The van der Waals surface area contributed by atoms with E-state index in [9.17, 15) is 0 Å². The number of fused-ring (bicyclic) bond motifs is 1. The van der Waals surface area contributed by atoms with Gasteiger partial charge in [0.05, 0.1) is 6.54 Å². The number of anilines is 1. The Morgan fingerprint density at radius 3 is 2.94 bits per heavy atom. The van der Waals surface area contributed by atoms with Crippen LogP contribution < -0.4 is 5.32 Å². The number of nitrogens with zero attached hydrogens (tertiary/aromatic N) is 5. The van der Waals surface area contributed by atoms with Crippen molar-refractivity contribution in [3.8, 4) is 0 Å². The quantitative estimate of drug-likeness (QED) is 0.688. The van der Waals surface area contributed by atoms with Crippen LogP contribution in [0.3, 0.4) is 0 Å². The maximum atomic E-state index is 5.03. The van der Waals surface area contributed by atoms with E-state index >= 15 is 0 Å². The summed E-state index contributed by atoms with van der Waals surface area (Å²) in [7, 11) is 3.15. The van der Waals surface area contributed by atoms with E-state index in [0.717, 1.165) is 0 Å². The van der Waals surface area contributed by atoms with Gasteiger partial charge in [-0.2, -0.15) is 0 Å². The zero-order valence-corrected chi connectivity index (χ0v) is 8.99. The van der Waals surface area contributed by atoms with Crippen molar-refractivity contribution in [2.24, 2.45) is 0 Å². The van der Waals surface area contributed by atoms with Gasteiger partial charge in [0.15, 0.2) is 11.9 Å². The maximum Gasteiger partial charge on any atom is 0.200 e. The first-order chi connectivity index (χ1) is 7.83. The number of ether oxygens (including phenoxy) is 2. The molecule has 0 amide bonds. The van der Waals surface area contributed by atoms with Crippen LogP contribution in [0.4, 0.5) is 5.82 Å². The largest absolute Gasteiger partial charge is 0.363 e. The monoisotopic (exact) mass is 224 g/mol. The molecule has 0 fully saturated rings. The molecule has 0 aliphatic heterocycles. The molecule has 8 heteroatoms. The average molecular weight is 224 g/mol. The molecule has 2 heterocycles. The molecule has 16 heavy (non-hydrogen) atoms. The molecule has 0 bridgehead atoms. The fraction of sp³-hybridized carbons (Fsp3) is 0.500. The highest BCUT2D eigenvalue weighted by Gasteiger charge is 2.05. The van der Waals surface area contributed by atoms with E-state index in [1.807, 2.05) is 0 Å². The molecule has 0 spiro atoms. The third kappa shape index (κ3) is 2.23. The Hall–Kier alpha value is -1.80. The second kappa shape index (κ2) is 4.81. The zero-order valence-electron chi connectivity index (χ0n) is 8.99. The first-order valence-corrected chi connectivity index (χ1v) is 4.68. The molecule has 0 radical (unpaired) electrons. The molecule has 86 valence electrons. The van der Waals surface area contributed by atoms with Gasteiger partial charge in [0.1, 0.15) is 5.82 Å². The van der Waals surface area contributed by atoms with Crippen LogP contribution in [0.25, 0.3) is 5.65 Å². The van der Waals surface area contributed by atoms with E-state index < -0.39 is 0 Å². The van der Waals surface area contributed by atoms with Crippen molar-refractivity contribution in [3.05, 3.63) is 12.1 Å². The minimum Gasteiger partial charge on any atom is -0.363 e. The van der Waals surface area contributed by atoms with E-state index in [2.05, 4.69) is 25.9 Å². The normalized spacial score (nSPS) is 11.2. The lowest BCUT2D eigenvalue weighted by atomic mass is 10.5. The van der Waals surface area contributed by atoms with Crippen LogP contribution in [-0.2, 0) is 9.47 Å². The number of methoxy groups -OCH3 is 2. The molecule has 8 nitrogen and oxygen atoms in total. The molecule has 2 aromatic heterocycles. The van der Waals surface area contributed by atoms with Gasteiger partial charge in [0.25, 0.3) is 0 Å². The second-order valence-electron chi connectivity index (χ2n) is 3.03. The summed E-state index contributed by atoms with van der Waals surface area (Å²) in [6.45, 7) is 0.494. The standard InChI is InChI=1S/C8H12N6O2/c1-15-8(16-2)5-9-6-3-4-7-10-12-13-14(7)11-6/h3-4,8H,5H2,1-2H3,(H,9,11). The molecular formula is C8H12N6O2. The second-order valence-corrected chi connectivity index (χ2v) is 3.03. The molecule has 0 aliphatic rings. The Balaban J connectivity index is 2.03. The Kier molecular flexibility index (Phi) is 3.22. The highest BCUT2D eigenvalue weighted by molar-refractivity contribution is 5.41. The van der Waals surface area contributed by atoms with E-state index in [1.54, 1.807) is 26.4 Å². The number of hydrogen-bond donors (Lipinski definition) is 1. The topological polar surface area (TPSA) is 86.5 Å². The number of hydrogen-bond acceptors (Lipinski definition) is 7. The summed E-state index contributed by atoms with van der Waals surface area (Å²) in [6.07, 6.45) is -0.314. The van der Waals surface area contributed by atoms with Gasteiger partial charge in [-0.25, -0.2) is 0 Å². The molecule has 2 aromatic rings. The van der Waals surface area contributed by atoms with Gasteiger partial charge in [-0.3, -0.25) is 0 Å². The van der Waals surface area contributed by atoms with Gasteiger partial charge >= 0.3 is 0 Å². The number of nitrogens with one attached hydrogen (secondary N) is 1. The molecular weight excluding hydrogens is 212 g/mol. The van der Waals surface area contributed by atoms with Gasteiger partial charge in [0.2, 0.25) is 0 Å². The summed E-state index contributed by atoms with van der Waals surface area (Å²) in [5.74, 6) is 0.652. The van der Waals surface area contributed by atoms with Gasteiger partial charge in [-0.05, 0) is 22.6 Å². The van der Waals surface area contributed by atoms with E-state index in [-0.39, 0.29) is 6.29 Å².